The molecule has 16 atom stereocenters. The van der Waals surface area contributed by atoms with Crippen molar-refractivity contribution >= 4 is 135 Å². The zero-order valence-corrected chi connectivity index (χ0v) is 51.6. The van der Waals surface area contributed by atoms with Crippen LogP contribution in [0.5, 0.6) is 23.0 Å². The summed E-state index contributed by atoms with van der Waals surface area (Å²) in [6, 6.07) is 19.2. The van der Waals surface area contributed by atoms with Gasteiger partial charge in [0.1, 0.15) is 62.5 Å². The van der Waals surface area contributed by atoms with Crippen LogP contribution in [-0.2, 0) is 35.8 Å². The van der Waals surface area contributed by atoms with Gasteiger partial charge in [-0.1, -0.05) is 24.3 Å². The number of epoxide rings is 3. The smallest absolute Gasteiger partial charge is 0.336 e. The zero-order valence-electron chi connectivity index (χ0n) is 51.6. The molecule has 11 aromatic carbocycles. The Morgan fingerprint density at radius 2 is 1.25 bits per heavy atom. The normalized spacial score (nSPS) is 37.3. The van der Waals surface area contributed by atoms with E-state index in [1.165, 1.54) is 18.2 Å². The number of hydrogen-bond donors (Lipinski definition) is 11. The van der Waals surface area contributed by atoms with Crippen LogP contribution in [0.3, 0.4) is 0 Å². The van der Waals surface area contributed by atoms with Crippen LogP contribution in [-0.4, -0.2) is 102 Å². The van der Waals surface area contributed by atoms with Gasteiger partial charge in [0.2, 0.25) is 0 Å². The summed E-state index contributed by atoms with van der Waals surface area (Å²) in [5.41, 5.74) is -2.22. The van der Waals surface area contributed by atoms with E-state index in [0.29, 0.717) is 197 Å². The predicted octanol–water partition coefficient (Wildman–Crippen LogP) is 8.70. The molecule has 16 unspecified atom stereocenters. The molecule has 3 saturated heterocycles. The Hall–Kier alpha value is -11.6. The second-order valence-corrected chi connectivity index (χ2v) is 33.5. The molecule has 17 heteroatoms. The summed E-state index contributed by atoms with van der Waals surface area (Å²) in [6.07, 6.45) is 6.97. The minimum Gasteiger partial charge on any atom is -0.507 e. The minimum atomic E-state index is -2.20. The first-order valence-corrected chi connectivity index (χ1v) is 34.9. The summed E-state index contributed by atoms with van der Waals surface area (Å²) in [5, 5.41) is 159. The third kappa shape index (κ3) is 3.32. The van der Waals surface area contributed by atoms with E-state index in [2.05, 4.69) is 0 Å². The SMILES string of the molecule is O=C(O)C1=CC2=Cc3c4c5c6c(c3O)=CC3=C(O)c7ccc(O)c8c7C79OC37C=6C3c6c9c7c-8ccc8c9c(C(=O)O)ccc%10c(O)c%11c%12c(c(c6C6C%13C%14C%15=c%16c%17c%18c(ccc%19cc(C(=O)O)c%20c(c%19%18)C%18C%19c%21c-%20cc(O)c1c%21C2C4C%19(O)C(=C5C3%13O)C%141OC%17%181)cc%16=C(O)C(=C%11)C%151OC%1261)c78)c%109. The van der Waals surface area contributed by atoms with Gasteiger partial charge < -0.3 is 70.4 Å². The lowest BCUT2D eigenvalue weighted by Gasteiger charge is -2.73. The fourth-order valence-electron chi connectivity index (χ4n) is 30.3. The lowest BCUT2D eigenvalue weighted by Crippen LogP contribution is -2.77. The van der Waals surface area contributed by atoms with E-state index >= 15 is 10.2 Å². The number of fused-ring (bicyclic) bond motifs is 3. The Balaban J connectivity index is 0.917. The van der Waals surface area contributed by atoms with Gasteiger partial charge in [-0.2, -0.15) is 0 Å². The largest absolute Gasteiger partial charge is 0.507 e. The highest BCUT2D eigenvalue weighted by molar-refractivity contribution is 6.41. The molecule has 0 amide bonds. The molecule has 476 valence electrons. The van der Waals surface area contributed by atoms with Crippen LogP contribution < -0.4 is 20.9 Å². The standard InChI is InChI=1S/C85H34O17/c86-33-8-7-23-56-41(33)20-4-3-19-38-22(75(92)93)6-5-21-43(38)52-50-42(19)44(20)60-55-54(50)66-68-69-64-48-26(73(91)32-14-30(70(21)88)57(52)83(66)81(32,64)101-83)9-17-2-1-16-10-28(76(94)95)39-24-15-34(87)40-29(77(96)97)12-18-11-25-46-53-47-27(71(25)89)13-31(72(23)90)80(82(56,60)100-80)63(47)62(55)78(68,98)67(53)74-79(99)58(46)37(18)49(40)45(24)61(79)65-51(39)35(16)36(17)59(48)84(65)85(69,74)102-84/h1-15,37,58,61-62,65-66,68-69,86-91,98-99H,(H,92,93)(H,94,95)(H,96,97). The van der Waals surface area contributed by atoms with Gasteiger partial charge in [-0.15, -0.1) is 0 Å². The number of carboxylic acid groups (broad SMARTS) is 3. The molecule has 33 rings (SSSR count). The number of hydrogen-bond acceptors (Lipinski definition) is 14. The first-order valence-electron chi connectivity index (χ1n) is 34.9. The Morgan fingerprint density at radius 3 is 2.08 bits per heavy atom. The van der Waals surface area contributed by atoms with Crippen molar-refractivity contribution in [1.29, 1.82) is 0 Å². The highest BCUT2D eigenvalue weighted by Gasteiger charge is 3.01. The maximum atomic E-state index is 17.1. The number of aromatic hydroxyl groups is 4. The minimum absolute atomic E-state index is 0.0144. The average molecular weight is 1330 g/mol. The number of phenols is 4. The van der Waals surface area contributed by atoms with Crippen molar-refractivity contribution in [1.82, 2.24) is 0 Å². The van der Waals surface area contributed by atoms with Crippen LogP contribution in [0.15, 0.2) is 95.1 Å². The zero-order chi connectivity index (χ0) is 66.5. The number of aliphatic hydroxyl groups is 4. The highest BCUT2D eigenvalue weighted by atomic mass is 16.7. The monoisotopic (exact) mass is 1330 g/mol. The number of phenolic OH excluding ortho intramolecular Hbond substituents is 4. The van der Waals surface area contributed by atoms with E-state index in [9.17, 15) is 60.3 Å². The summed E-state index contributed by atoms with van der Waals surface area (Å²) >= 11 is 0. The molecule has 3 heterocycles. The fourth-order valence-corrected chi connectivity index (χ4v) is 30.3. The van der Waals surface area contributed by atoms with Crippen molar-refractivity contribution in [2.24, 2.45) is 11.8 Å². The Kier molecular flexibility index (Phi) is 5.72. The molecule has 6 spiro atoms. The van der Waals surface area contributed by atoms with Gasteiger partial charge in [0.25, 0.3) is 0 Å². The van der Waals surface area contributed by atoms with E-state index in [1.54, 1.807) is 36.4 Å². The van der Waals surface area contributed by atoms with Crippen LogP contribution in [0, 0.1) is 11.8 Å². The van der Waals surface area contributed by atoms with E-state index in [1.807, 2.05) is 36.4 Å². The number of aromatic carboxylic acids is 2. The fraction of sp³-hybridized carbons (Fsp3) is 0.188. The summed E-state index contributed by atoms with van der Waals surface area (Å²) < 4.78 is 25.1. The summed E-state index contributed by atoms with van der Waals surface area (Å²) in [6.45, 7) is 0. The summed E-state index contributed by atoms with van der Waals surface area (Å²) in [4.78, 5) is 43.1. The molecular weight excluding hydrogens is 1290 g/mol. The van der Waals surface area contributed by atoms with Crippen LogP contribution >= 0.6 is 0 Å². The molecule has 0 bridgehead atoms. The molecule has 3 aliphatic heterocycles. The Labute approximate surface area is 564 Å². The topological polar surface area (TPSA) is 311 Å². The summed E-state index contributed by atoms with van der Waals surface area (Å²) in [5.74, 6) is -13.4. The number of carboxylic acids is 3. The van der Waals surface area contributed by atoms with Gasteiger partial charge in [0.15, 0.2) is 16.8 Å². The molecule has 17 nitrogen and oxygen atoms in total. The number of rotatable bonds is 3. The maximum absolute atomic E-state index is 17.1. The molecule has 5 fully saturated rings. The average Bonchev–Trinajstić information content (AvgIpc) is 1.34. The molecule has 11 aromatic rings. The van der Waals surface area contributed by atoms with Crippen molar-refractivity contribution in [2.75, 3.05) is 0 Å². The van der Waals surface area contributed by atoms with Gasteiger partial charge in [0, 0.05) is 146 Å². The van der Waals surface area contributed by atoms with Crippen molar-refractivity contribution in [3.8, 4) is 45.3 Å². The molecule has 2 saturated carbocycles. The van der Waals surface area contributed by atoms with Crippen LogP contribution in [0.4, 0.5) is 0 Å². The molecule has 0 aromatic heterocycles. The molecular formula is C85H34O17. The molecule has 11 N–H and O–H groups in total. The van der Waals surface area contributed by atoms with Crippen LogP contribution in [0.1, 0.15) is 140 Å². The maximum Gasteiger partial charge on any atom is 0.336 e. The van der Waals surface area contributed by atoms with Crippen molar-refractivity contribution in [3.63, 3.8) is 0 Å². The van der Waals surface area contributed by atoms with Gasteiger partial charge >= 0.3 is 17.9 Å². The number of benzene rings is 11. The third-order valence-electron chi connectivity index (χ3n) is 31.8. The number of aliphatic hydroxyl groups excluding tert-OH is 2. The second kappa shape index (κ2) is 12.1. The quantitative estimate of drug-likeness (QED) is 0.0448. The summed E-state index contributed by atoms with van der Waals surface area (Å²) in [7, 11) is 0. The first kappa shape index (κ1) is 48.3. The Bertz CT molecular complexity index is 7720. The number of carbonyl (C=O) groups is 3. The third-order valence-corrected chi connectivity index (χ3v) is 31.8. The van der Waals surface area contributed by atoms with Gasteiger partial charge in [0.05, 0.1) is 16.7 Å². The van der Waals surface area contributed by atoms with Crippen molar-refractivity contribution < 1.29 is 84.8 Å². The number of aliphatic carboxylic acids is 1. The van der Waals surface area contributed by atoms with E-state index < -0.39 is 116 Å². The van der Waals surface area contributed by atoms with E-state index in [0.717, 1.165) is 21.9 Å². The van der Waals surface area contributed by atoms with Gasteiger partial charge in [-0.25, -0.2) is 14.4 Å². The van der Waals surface area contributed by atoms with Gasteiger partial charge in [-0.05, 0) is 198 Å². The first-order chi connectivity index (χ1) is 49.3. The molecule has 19 aliphatic carbocycles. The van der Waals surface area contributed by atoms with E-state index in [4.69, 9.17) is 14.2 Å². The molecule has 102 heavy (non-hydrogen) atoms. The van der Waals surface area contributed by atoms with E-state index in [-0.39, 0.29) is 56.6 Å². The van der Waals surface area contributed by atoms with Crippen LogP contribution in [0.25, 0.3) is 139 Å². The predicted molar refractivity (Wildman–Crippen MR) is 360 cm³/mol. The Morgan fingerprint density at radius 1 is 0.451 bits per heavy atom. The number of allylic oxidation sites excluding steroid dienone is 2. The second-order valence-electron chi connectivity index (χ2n) is 33.5. The number of ether oxygens (including phenoxy) is 3. The molecule has 0 radical (unpaired) electrons. The van der Waals surface area contributed by atoms with Crippen molar-refractivity contribution in [3.05, 3.63) is 211 Å². The van der Waals surface area contributed by atoms with Crippen LogP contribution in [0.2, 0.25) is 0 Å². The lowest BCUT2D eigenvalue weighted by molar-refractivity contribution is -0.130. The molecule has 22 aliphatic rings. The lowest BCUT2D eigenvalue weighted by atomic mass is 9.28. The highest BCUT2D eigenvalue weighted by Crippen LogP contribution is 2.98. The van der Waals surface area contributed by atoms with Gasteiger partial charge in [-0.3, -0.25) is 0 Å². The van der Waals surface area contributed by atoms with Crippen molar-refractivity contribution in [2.45, 2.75) is 80.3 Å².